The van der Waals surface area contributed by atoms with Crippen molar-refractivity contribution in [2.45, 2.75) is 10.3 Å². The van der Waals surface area contributed by atoms with Gasteiger partial charge in [-0.15, -0.1) is 23.5 Å². The van der Waals surface area contributed by atoms with Crippen molar-refractivity contribution >= 4 is 52.6 Å². The lowest BCUT2D eigenvalue weighted by Gasteiger charge is -2.25. The molecule has 2 aromatic carbocycles. The van der Waals surface area contributed by atoms with Crippen LogP contribution < -0.4 is 0 Å². The fourth-order valence-corrected chi connectivity index (χ4v) is 4.81. The molecule has 1 aliphatic heterocycles. The van der Waals surface area contributed by atoms with Gasteiger partial charge in [-0.05, 0) is 42.7 Å². The summed E-state index contributed by atoms with van der Waals surface area (Å²) in [6.07, 6.45) is 2.02. The second-order valence-corrected chi connectivity index (χ2v) is 8.03. The van der Waals surface area contributed by atoms with Crippen molar-refractivity contribution in [2.75, 3.05) is 18.6 Å². The number of amides is 1. The molecule has 1 heterocycles. The highest BCUT2D eigenvalue weighted by Gasteiger charge is 2.32. The quantitative estimate of drug-likeness (QED) is 0.642. The van der Waals surface area contributed by atoms with Gasteiger partial charge in [0, 0.05) is 38.4 Å². The summed E-state index contributed by atoms with van der Waals surface area (Å²) in [7, 11) is 0. The molecule has 120 valence electrons. The van der Waals surface area contributed by atoms with Crippen LogP contribution in [-0.2, 0) is 0 Å². The van der Waals surface area contributed by atoms with Crippen LogP contribution in [0.15, 0.2) is 47.4 Å². The molecule has 2 nitrogen and oxygen atoms in total. The van der Waals surface area contributed by atoms with E-state index in [2.05, 4.69) is 0 Å². The van der Waals surface area contributed by atoms with Crippen LogP contribution in [-0.4, -0.2) is 29.4 Å². The van der Waals surface area contributed by atoms with Gasteiger partial charge in [-0.2, -0.15) is 0 Å². The molecule has 2 aromatic rings. The third kappa shape index (κ3) is 3.66. The van der Waals surface area contributed by atoms with E-state index in [1.54, 1.807) is 29.6 Å². The van der Waals surface area contributed by atoms with Crippen LogP contribution in [0.25, 0.3) is 0 Å². The Labute approximate surface area is 154 Å². The molecule has 0 saturated carbocycles. The Balaban J connectivity index is 1.86. The zero-order valence-corrected chi connectivity index (χ0v) is 15.6. The molecule has 3 rings (SSSR count). The van der Waals surface area contributed by atoms with Crippen LogP contribution in [0.1, 0.15) is 21.3 Å². The number of carbonyl (C=O) groups excluding carboxylic acids is 1. The molecular formula is C17H15Cl2NOS2. The van der Waals surface area contributed by atoms with Crippen LogP contribution in [0.3, 0.4) is 0 Å². The molecular weight excluding hydrogens is 369 g/mol. The van der Waals surface area contributed by atoms with Crippen LogP contribution in [0, 0.1) is 0 Å². The molecule has 1 saturated heterocycles. The normalized spacial score (nSPS) is 17.5. The van der Waals surface area contributed by atoms with E-state index in [0.29, 0.717) is 15.6 Å². The minimum absolute atomic E-state index is 0.0404. The number of benzene rings is 2. The average Bonchev–Trinajstić information content (AvgIpc) is 3.03. The van der Waals surface area contributed by atoms with Crippen molar-refractivity contribution in [1.82, 2.24) is 4.90 Å². The number of carbonyl (C=O) groups is 1. The van der Waals surface area contributed by atoms with E-state index in [4.69, 9.17) is 23.2 Å². The molecule has 0 radical (unpaired) electrons. The SMILES string of the molecule is CSc1ccc(C(=O)N2CCSC2c2ccc(Cl)cc2Cl)cc1. The van der Waals surface area contributed by atoms with Gasteiger partial charge in [0.25, 0.3) is 5.91 Å². The number of hydrogen-bond acceptors (Lipinski definition) is 3. The first-order valence-electron chi connectivity index (χ1n) is 7.11. The molecule has 23 heavy (non-hydrogen) atoms. The van der Waals surface area contributed by atoms with Gasteiger partial charge in [0.1, 0.15) is 5.37 Å². The van der Waals surface area contributed by atoms with Gasteiger partial charge in [-0.1, -0.05) is 29.3 Å². The van der Waals surface area contributed by atoms with E-state index in [9.17, 15) is 4.79 Å². The highest BCUT2D eigenvalue weighted by atomic mass is 35.5. The summed E-state index contributed by atoms with van der Waals surface area (Å²) in [4.78, 5) is 15.9. The number of hydrogen-bond donors (Lipinski definition) is 0. The maximum atomic E-state index is 12.8. The van der Waals surface area contributed by atoms with Crippen LogP contribution in [0.4, 0.5) is 0 Å². The van der Waals surface area contributed by atoms with Crippen molar-refractivity contribution in [3.05, 3.63) is 63.6 Å². The van der Waals surface area contributed by atoms with E-state index in [1.165, 1.54) is 0 Å². The third-order valence-electron chi connectivity index (χ3n) is 3.72. The van der Waals surface area contributed by atoms with Crippen LogP contribution in [0.5, 0.6) is 0 Å². The zero-order chi connectivity index (χ0) is 16.4. The fourth-order valence-electron chi connectivity index (χ4n) is 2.54. The Kier molecular flexibility index (Phi) is 5.47. The minimum Gasteiger partial charge on any atom is -0.322 e. The summed E-state index contributed by atoms with van der Waals surface area (Å²) in [5.74, 6) is 0.941. The summed E-state index contributed by atoms with van der Waals surface area (Å²) in [6.45, 7) is 0.720. The lowest BCUT2D eigenvalue weighted by molar-refractivity contribution is 0.0760. The molecule has 1 unspecified atom stereocenters. The van der Waals surface area contributed by atoms with Gasteiger partial charge in [-0.25, -0.2) is 0 Å². The molecule has 1 atom stereocenters. The van der Waals surface area contributed by atoms with Gasteiger partial charge < -0.3 is 4.90 Å². The molecule has 0 spiro atoms. The van der Waals surface area contributed by atoms with E-state index >= 15 is 0 Å². The van der Waals surface area contributed by atoms with Gasteiger partial charge in [0.15, 0.2) is 0 Å². The number of halogens is 2. The van der Waals surface area contributed by atoms with E-state index in [0.717, 1.165) is 22.8 Å². The van der Waals surface area contributed by atoms with E-state index in [-0.39, 0.29) is 11.3 Å². The summed E-state index contributed by atoms with van der Waals surface area (Å²) in [6, 6.07) is 13.2. The monoisotopic (exact) mass is 383 g/mol. The average molecular weight is 384 g/mol. The lowest BCUT2D eigenvalue weighted by Crippen LogP contribution is -2.30. The maximum absolute atomic E-state index is 12.8. The third-order valence-corrected chi connectivity index (χ3v) is 6.27. The second kappa shape index (κ2) is 7.39. The van der Waals surface area contributed by atoms with Crippen LogP contribution >= 0.6 is 46.7 Å². The molecule has 6 heteroatoms. The van der Waals surface area contributed by atoms with Crippen molar-refractivity contribution in [3.8, 4) is 0 Å². The second-order valence-electron chi connectivity index (χ2n) is 5.12. The van der Waals surface area contributed by atoms with Gasteiger partial charge in [0.05, 0.1) is 0 Å². The maximum Gasteiger partial charge on any atom is 0.255 e. The summed E-state index contributed by atoms with van der Waals surface area (Å²) < 4.78 is 0. The summed E-state index contributed by atoms with van der Waals surface area (Å²) in [5.41, 5.74) is 1.65. The van der Waals surface area contributed by atoms with Gasteiger partial charge in [-0.3, -0.25) is 4.79 Å². The number of rotatable bonds is 3. The first-order chi connectivity index (χ1) is 11.1. The predicted octanol–water partition coefficient (Wildman–Crippen LogP) is 5.60. The zero-order valence-electron chi connectivity index (χ0n) is 12.5. The first-order valence-corrected chi connectivity index (χ1v) is 10.1. The topological polar surface area (TPSA) is 20.3 Å². The smallest absolute Gasteiger partial charge is 0.255 e. The molecule has 1 amide bonds. The molecule has 1 aliphatic rings. The molecule has 0 bridgehead atoms. The molecule has 1 fully saturated rings. The highest BCUT2D eigenvalue weighted by molar-refractivity contribution is 7.99. The molecule has 0 aliphatic carbocycles. The van der Waals surface area contributed by atoms with Gasteiger partial charge >= 0.3 is 0 Å². The fraction of sp³-hybridized carbons (Fsp3) is 0.235. The molecule has 0 N–H and O–H groups in total. The van der Waals surface area contributed by atoms with Crippen molar-refractivity contribution in [2.24, 2.45) is 0 Å². The number of nitrogens with zero attached hydrogens (tertiary/aromatic N) is 1. The Morgan fingerprint density at radius 3 is 2.61 bits per heavy atom. The largest absolute Gasteiger partial charge is 0.322 e. The van der Waals surface area contributed by atoms with E-state index in [1.807, 2.05) is 47.6 Å². The van der Waals surface area contributed by atoms with E-state index < -0.39 is 0 Å². The minimum atomic E-state index is -0.0625. The summed E-state index contributed by atoms with van der Waals surface area (Å²) >= 11 is 15.7. The Morgan fingerprint density at radius 1 is 1.22 bits per heavy atom. The number of thioether (sulfide) groups is 2. The Morgan fingerprint density at radius 2 is 1.96 bits per heavy atom. The Hall–Kier alpha value is -0.810. The van der Waals surface area contributed by atoms with Gasteiger partial charge in [0.2, 0.25) is 0 Å². The molecule has 0 aromatic heterocycles. The first kappa shape index (κ1) is 17.0. The van der Waals surface area contributed by atoms with Crippen molar-refractivity contribution < 1.29 is 4.79 Å². The highest BCUT2D eigenvalue weighted by Crippen LogP contribution is 2.42. The van der Waals surface area contributed by atoms with Crippen LogP contribution in [0.2, 0.25) is 10.0 Å². The standard InChI is InChI=1S/C17H15Cl2NOS2/c1-22-13-5-2-11(3-6-13)16(21)20-8-9-23-17(20)14-7-4-12(18)10-15(14)19/h2-7,10,17H,8-9H2,1H3. The van der Waals surface area contributed by atoms with Crippen molar-refractivity contribution in [1.29, 1.82) is 0 Å². The lowest BCUT2D eigenvalue weighted by atomic mass is 10.1. The summed E-state index contributed by atoms with van der Waals surface area (Å²) in [5, 5.41) is 1.15. The Bertz CT molecular complexity index is 721. The van der Waals surface area contributed by atoms with Crippen molar-refractivity contribution in [3.63, 3.8) is 0 Å². The predicted molar refractivity (Wildman–Crippen MR) is 101 cm³/mol.